The first-order valence-electron chi connectivity index (χ1n) is 5.21. The monoisotopic (exact) mass is 270 g/mol. The molecule has 1 aromatic carbocycles. The fraction of sp³-hybridized carbons (Fsp3) is 0.500. The van der Waals surface area contributed by atoms with E-state index < -0.39 is 0 Å². The van der Waals surface area contributed by atoms with Crippen LogP contribution in [0.1, 0.15) is 23.2 Å². The summed E-state index contributed by atoms with van der Waals surface area (Å²) < 4.78 is 10.8. The first kappa shape index (κ1) is 11.0. The minimum absolute atomic E-state index is 0.297. The van der Waals surface area contributed by atoms with Crippen LogP contribution >= 0.6 is 15.9 Å². The molecule has 1 saturated heterocycles. The zero-order chi connectivity index (χ0) is 10.7. The third kappa shape index (κ3) is 2.52. The van der Waals surface area contributed by atoms with Crippen LogP contribution < -0.4 is 4.74 Å². The van der Waals surface area contributed by atoms with Gasteiger partial charge in [-0.2, -0.15) is 0 Å². The van der Waals surface area contributed by atoms with Crippen LogP contribution in [0.2, 0.25) is 0 Å². The molecule has 0 saturated carbocycles. The predicted molar refractivity (Wildman–Crippen MR) is 63.6 cm³/mol. The van der Waals surface area contributed by atoms with Crippen molar-refractivity contribution < 1.29 is 9.47 Å². The van der Waals surface area contributed by atoms with E-state index in [1.54, 1.807) is 7.11 Å². The summed E-state index contributed by atoms with van der Waals surface area (Å²) in [5.41, 5.74) is 1.25. The highest BCUT2D eigenvalue weighted by molar-refractivity contribution is 9.09. The molecule has 1 aliphatic heterocycles. The average Bonchev–Trinajstić information content (AvgIpc) is 2.82. The number of hydrogen-bond donors (Lipinski definition) is 0. The summed E-state index contributed by atoms with van der Waals surface area (Å²) in [4.78, 5) is 0.297. The Morgan fingerprint density at radius 3 is 2.67 bits per heavy atom. The van der Waals surface area contributed by atoms with Gasteiger partial charge in [0.05, 0.1) is 18.0 Å². The average molecular weight is 271 g/mol. The molecular formula is C12H15BrO2. The lowest BCUT2D eigenvalue weighted by molar-refractivity contribution is 0.110. The van der Waals surface area contributed by atoms with Crippen LogP contribution in [0.4, 0.5) is 0 Å². The van der Waals surface area contributed by atoms with Gasteiger partial charge >= 0.3 is 0 Å². The minimum Gasteiger partial charge on any atom is -0.497 e. The number of halogens is 1. The number of ether oxygens (including phenoxy) is 2. The lowest BCUT2D eigenvalue weighted by atomic mass is 10.1. The number of alkyl halides is 1. The number of methoxy groups -OCH3 is 1. The summed E-state index contributed by atoms with van der Waals surface area (Å²) in [5, 5.41) is 0. The standard InChI is InChI=1S/C12H15BrO2/c1-14-10-6-4-9(5-7-10)12(13)11-3-2-8-15-11/h4-7,11-12H,2-3,8H2,1H3. The van der Waals surface area contributed by atoms with Crippen LogP contribution in [0.5, 0.6) is 5.75 Å². The molecule has 0 bridgehead atoms. The fourth-order valence-corrected chi connectivity index (χ4v) is 2.56. The molecule has 3 heteroatoms. The van der Waals surface area contributed by atoms with E-state index in [0.29, 0.717) is 10.9 Å². The van der Waals surface area contributed by atoms with E-state index in [1.807, 2.05) is 12.1 Å². The van der Waals surface area contributed by atoms with E-state index >= 15 is 0 Å². The maximum absolute atomic E-state index is 5.65. The first-order valence-corrected chi connectivity index (χ1v) is 6.12. The van der Waals surface area contributed by atoms with Crippen molar-refractivity contribution in [2.45, 2.75) is 23.8 Å². The van der Waals surface area contributed by atoms with Gasteiger partial charge in [-0.05, 0) is 30.5 Å². The first-order chi connectivity index (χ1) is 7.31. The molecule has 1 aromatic rings. The molecule has 1 fully saturated rings. The van der Waals surface area contributed by atoms with Crippen molar-refractivity contribution in [3.63, 3.8) is 0 Å². The van der Waals surface area contributed by atoms with Crippen molar-refractivity contribution in [3.05, 3.63) is 29.8 Å². The second kappa shape index (κ2) is 4.99. The lowest BCUT2D eigenvalue weighted by Crippen LogP contribution is -2.12. The van der Waals surface area contributed by atoms with E-state index in [-0.39, 0.29) is 0 Å². The van der Waals surface area contributed by atoms with Gasteiger partial charge in [0.1, 0.15) is 5.75 Å². The Balaban J connectivity index is 2.07. The van der Waals surface area contributed by atoms with Gasteiger partial charge in [-0.25, -0.2) is 0 Å². The van der Waals surface area contributed by atoms with Crippen LogP contribution in [0, 0.1) is 0 Å². The molecule has 2 unspecified atom stereocenters. The van der Waals surface area contributed by atoms with E-state index in [0.717, 1.165) is 18.8 Å². The summed E-state index contributed by atoms with van der Waals surface area (Å²) in [6.07, 6.45) is 2.63. The summed E-state index contributed by atoms with van der Waals surface area (Å²) in [7, 11) is 1.68. The second-order valence-corrected chi connectivity index (χ2v) is 4.71. The zero-order valence-electron chi connectivity index (χ0n) is 8.78. The molecule has 0 N–H and O–H groups in total. The van der Waals surface area contributed by atoms with Crippen molar-refractivity contribution >= 4 is 15.9 Å². The van der Waals surface area contributed by atoms with Crippen LogP contribution in [0.25, 0.3) is 0 Å². The largest absolute Gasteiger partial charge is 0.497 e. The van der Waals surface area contributed by atoms with Crippen molar-refractivity contribution in [2.75, 3.05) is 13.7 Å². The van der Waals surface area contributed by atoms with Gasteiger partial charge in [0.2, 0.25) is 0 Å². The minimum atomic E-state index is 0.297. The molecule has 82 valence electrons. The summed E-state index contributed by atoms with van der Waals surface area (Å²) in [5.74, 6) is 0.894. The molecule has 2 nitrogen and oxygen atoms in total. The van der Waals surface area contributed by atoms with Gasteiger partial charge in [0.15, 0.2) is 0 Å². The third-order valence-electron chi connectivity index (χ3n) is 2.73. The molecule has 0 radical (unpaired) electrons. The van der Waals surface area contributed by atoms with Crippen molar-refractivity contribution in [3.8, 4) is 5.75 Å². The molecule has 2 rings (SSSR count). The van der Waals surface area contributed by atoms with Crippen LogP contribution in [0.15, 0.2) is 24.3 Å². The Hall–Kier alpha value is -0.540. The zero-order valence-corrected chi connectivity index (χ0v) is 10.4. The summed E-state index contributed by atoms with van der Waals surface area (Å²) in [6.45, 7) is 0.892. The molecule has 0 spiro atoms. The summed E-state index contributed by atoms with van der Waals surface area (Å²) in [6, 6.07) is 8.14. The predicted octanol–water partition coefficient (Wildman–Crippen LogP) is 3.31. The van der Waals surface area contributed by atoms with E-state index in [1.165, 1.54) is 12.0 Å². The molecule has 0 amide bonds. The number of hydrogen-bond acceptors (Lipinski definition) is 2. The lowest BCUT2D eigenvalue weighted by Gasteiger charge is -2.17. The molecule has 1 aliphatic rings. The van der Waals surface area contributed by atoms with Gasteiger partial charge in [-0.1, -0.05) is 28.1 Å². The fourth-order valence-electron chi connectivity index (χ4n) is 1.84. The molecular weight excluding hydrogens is 256 g/mol. The Morgan fingerprint density at radius 1 is 1.40 bits per heavy atom. The van der Waals surface area contributed by atoms with Gasteiger partial charge < -0.3 is 9.47 Å². The SMILES string of the molecule is COc1ccc(C(Br)C2CCCO2)cc1. The quantitative estimate of drug-likeness (QED) is 0.785. The van der Waals surface area contributed by atoms with Crippen LogP contribution in [-0.2, 0) is 4.74 Å². The highest BCUT2D eigenvalue weighted by Crippen LogP contribution is 2.34. The maximum Gasteiger partial charge on any atom is 0.118 e. The second-order valence-electron chi connectivity index (χ2n) is 3.73. The van der Waals surface area contributed by atoms with E-state index in [4.69, 9.17) is 9.47 Å². The van der Waals surface area contributed by atoms with Gasteiger partial charge in [0.25, 0.3) is 0 Å². The van der Waals surface area contributed by atoms with Crippen LogP contribution in [0.3, 0.4) is 0 Å². The Labute approximate surface area is 98.7 Å². The van der Waals surface area contributed by atoms with Crippen LogP contribution in [-0.4, -0.2) is 19.8 Å². The topological polar surface area (TPSA) is 18.5 Å². The third-order valence-corrected chi connectivity index (χ3v) is 3.84. The Bertz CT molecular complexity index is 304. The molecule has 15 heavy (non-hydrogen) atoms. The Morgan fingerprint density at radius 2 is 2.13 bits per heavy atom. The van der Waals surface area contributed by atoms with Crippen molar-refractivity contribution in [2.24, 2.45) is 0 Å². The highest BCUT2D eigenvalue weighted by atomic mass is 79.9. The Kier molecular flexibility index (Phi) is 3.65. The van der Waals surface area contributed by atoms with Crippen molar-refractivity contribution in [1.82, 2.24) is 0 Å². The molecule has 0 aromatic heterocycles. The number of rotatable bonds is 3. The van der Waals surface area contributed by atoms with Gasteiger partial charge in [0, 0.05) is 6.61 Å². The molecule has 2 atom stereocenters. The normalized spacial score (nSPS) is 22.7. The molecule has 1 heterocycles. The van der Waals surface area contributed by atoms with Crippen molar-refractivity contribution in [1.29, 1.82) is 0 Å². The van der Waals surface area contributed by atoms with Gasteiger partial charge in [-0.15, -0.1) is 0 Å². The summed E-state index contributed by atoms with van der Waals surface area (Å²) >= 11 is 3.69. The molecule has 0 aliphatic carbocycles. The van der Waals surface area contributed by atoms with E-state index in [9.17, 15) is 0 Å². The number of benzene rings is 1. The van der Waals surface area contributed by atoms with E-state index in [2.05, 4.69) is 28.1 Å². The van der Waals surface area contributed by atoms with Gasteiger partial charge in [-0.3, -0.25) is 0 Å². The highest BCUT2D eigenvalue weighted by Gasteiger charge is 2.24. The smallest absolute Gasteiger partial charge is 0.118 e. The maximum atomic E-state index is 5.65.